The van der Waals surface area contributed by atoms with Gasteiger partial charge in [0.15, 0.2) is 0 Å². The van der Waals surface area contributed by atoms with Gasteiger partial charge in [-0.05, 0) is 41.5 Å². The highest BCUT2D eigenvalue weighted by Gasteiger charge is 2.16. The number of hydrogen-bond donors (Lipinski definition) is 1. The molecule has 0 unspecified atom stereocenters. The summed E-state index contributed by atoms with van der Waals surface area (Å²) >= 11 is 0. The molecule has 0 fully saturated rings. The topological polar surface area (TPSA) is 54.9 Å². The Hall–Kier alpha value is -2.23. The smallest absolute Gasteiger partial charge is 0.271 e. The van der Waals surface area contributed by atoms with Crippen molar-refractivity contribution in [2.24, 2.45) is 0 Å². The summed E-state index contributed by atoms with van der Waals surface area (Å²) in [6, 6.07) is 4.41. The van der Waals surface area contributed by atoms with Crippen LogP contribution in [0.1, 0.15) is 53.5 Å². The lowest BCUT2D eigenvalue weighted by atomic mass is 9.84. The lowest BCUT2D eigenvalue weighted by Gasteiger charge is -2.22. The van der Waals surface area contributed by atoms with Crippen LogP contribution in [0.25, 0.3) is 0 Å². The minimum atomic E-state index is -0.202. The Morgan fingerprint density at radius 3 is 2.27 bits per heavy atom. The van der Waals surface area contributed by atoms with E-state index in [0.717, 1.165) is 5.56 Å². The van der Waals surface area contributed by atoms with Crippen molar-refractivity contribution in [3.8, 4) is 0 Å². The molecule has 0 aliphatic carbocycles. The molecule has 22 heavy (non-hydrogen) atoms. The third-order valence-electron chi connectivity index (χ3n) is 3.78. The number of aromatic nitrogens is 2. The van der Waals surface area contributed by atoms with Crippen LogP contribution < -0.4 is 5.32 Å². The van der Waals surface area contributed by atoms with E-state index in [9.17, 15) is 4.79 Å². The fourth-order valence-electron chi connectivity index (χ4n) is 2.38. The summed E-state index contributed by atoms with van der Waals surface area (Å²) in [4.78, 5) is 20.0. The zero-order valence-electron chi connectivity index (χ0n) is 13.9. The van der Waals surface area contributed by atoms with Gasteiger partial charge in [-0.25, -0.2) is 4.98 Å². The zero-order chi connectivity index (χ0) is 16.3. The molecule has 0 saturated heterocycles. The van der Waals surface area contributed by atoms with E-state index in [4.69, 9.17) is 0 Å². The molecule has 1 N–H and O–H groups in total. The first-order chi connectivity index (χ1) is 10.3. The molecule has 1 aromatic carbocycles. The van der Waals surface area contributed by atoms with Gasteiger partial charge >= 0.3 is 0 Å². The average Bonchev–Trinajstić information content (AvgIpc) is 2.46. The van der Waals surface area contributed by atoms with Crippen molar-refractivity contribution in [3.63, 3.8) is 0 Å². The minimum Gasteiger partial charge on any atom is -0.347 e. The normalized spacial score (nSPS) is 11.3. The van der Waals surface area contributed by atoms with E-state index < -0.39 is 0 Å². The largest absolute Gasteiger partial charge is 0.347 e. The Balaban J connectivity index is 2.16. The second kappa shape index (κ2) is 6.26. The predicted molar refractivity (Wildman–Crippen MR) is 87.8 cm³/mol. The summed E-state index contributed by atoms with van der Waals surface area (Å²) in [6.45, 7) is 11.3. The molecular formula is C18H23N3O. The van der Waals surface area contributed by atoms with E-state index in [1.807, 2.05) is 0 Å². The first-order valence-electron chi connectivity index (χ1n) is 7.44. The number of hydrogen-bond acceptors (Lipinski definition) is 3. The molecule has 1 heterocycles. The van der Waals surface area contributed by atoms with Crippen LogP contribution in [0, 0.1) is 13.8 Å². The van der Waals surface area contributed by atoms with E-state index in [2.05, 4.69) is 62.0 Å². The Kier molecular flexibility index (Phi) is 4.59. The maximum Gasteiger partial charge on any atom is 0.271 e. The summed E-state index contributed by atoms with van der Waals surface area (Å²) in [5.41, 5.74) is 5.33. The molecule has 2 aromatic rings. The maximum absolute atomic E-state index is 12.1. The molecule has 0 aliphatic heterocycles. The van der Waals surface area contributed by atoms with Gasteiger partial charge < -0.3 is 5.32 Å². The van der Waals surface area contributed by atoms with Gasteiger partial charge in [-0.1, -0.05) is 32.9 Å². The molecule has 0 bridgehead atoms. The third kappa shape index (κ3) is 3.70. The van der Waals surface area contributed by atoms with Gasteiger partial charge in [0.2, 0.25) is 0 Å². The van der Waals surface area contributed by atoms with E-state index in [1.54, 1.807) is 6.20 Å². The first-order valence-corrected chi connectivity index (χ1v) is 7.44. The number of rotatable bonds is 3. The minimum absolute atomic E-state index is 0.122. The van der Waals surface area contributed by atoms with Crippen LogP contribution in [0.3, 0.4) is 0 Å². The fraction of sp³-hybridized carbons (Fsp3) is 0.389. The molecule has 0 spiro atoms. The van der Waals surface area contributed by atoms with Crippen LogP contribution >= 0.6 is 0 Å². The van der Waals surface area contributed by atoms with Gasteiger partial charge in [0.05, 0.1) is 6.20 Å². The Labute approximate surface area is 132 Å². The molecule has 1 amide bonds. The number of carbonyl (C=O) groups excluding carboxylic acids is 1. The number of amides is 1. The molecule has 116 valence electrons. The Morgan fingerprint density at radius 1 is 1.14 bits per heavy atom. The molecule has 4 nitrogen and oxygen atoms in total. The van der Waals surface area contributed by atoms with Crippen LogP contribution in [0.4, 0.5) is 0 Å². The second-order valence-corrected chi connectivity index (χ2v) is 6.61. The van der Waals surface area contributed by atoms with Crippen LogP contribution in [-0.2, 0) is 12.0 Å². The highest BCUT2D eigenvalue weighted by Crippen LogP contribution is 2.26. The highest BCUT2D eigenvalue weighted by atomic mass is 16.1. The summed E-state index contributed by atoms with van der Waals surface area (Å²) < 4.78 is 0. The third-order valence-corrected chi connectivity index (χ3v) is 3.78. The highest BCUT2D eigenvalue weighted by molar-refractivity contribution is 5.91. The number of nitrogens with one attached hydrogen (secondary N) is 1. The van der Waals surface area contributed by atoms with Crippen molar-refractivity contribution in [1.29, 1.82) is 0 Å². The van der Waals surface area contributed by atoms with Gasteiger partial charge in [-0.2, -0.15) is 0 Å². The van der Waals surface area contributed by atoms with Gasteiger partial charge in [-0.3, -0.25) is 9.78 Å². The molecule has 0 radical (unpaired) electrons. The summed E-state index contributed by atoms with van der Waals surface area (Å²) in [5.74, 6) is -0.202. The zero-order valence-corrected chi connectivity index (χ0v) is 13.9. The van der Waals surface area contributed by atoms with Gasteiger partial charge in [-0.15, -0.1) is 0 Å². The number of aryl methyl sites for hydroxylation is 2. The lowest BCUT2D eigenvalue weighted by Crippen LogP contribution is -2.25. The molecular weight excluding hydrogens is 274 g/mol. The molecule has 0 aliphatic rings. The van der Waals surface area contributed by atoms with E-state index in [1.165, 1.54) is 29.1 Å². The number of carbonyl (C=O) groups is 1. The predicted octanol–water partition coefficient (Wildman–Crippen LogP) is 3.32. The summed E-state index contributed by atoms with van der Waals surface area (Å²) in [7, 11) is 0. The average molecular weight is 297 g/mol. The summed E-state index contributed by atoms with van der Waals surface area (Å²) in [6.07, 6.45) is 4.54. The van der Waals surface area contributed by atoms with Crippen LogP contribution in [0.5, 0.6) is 0 Å². The summed E-state index contributed by atoms with van der Waals surface area (Å²) in [5, 5.41) is 2.91. The van der Waals surface area contributed by atoms with Crippen LogP contribution in [-0.4, -0.2) is 15.9 Å². The van der Waals surface area contributed by atoms with Crippen LogP contribution in [0.2, 0.25) is 0 Å². The van der Waals surface area contributed by atoms with Crippen molar-refractivity contribution in [2.75, 3.05) is 0 Å². The first kappa shape index (κ1) is 16.1. The van der Waals surface area contributed by atoms with Crippen molar-refractivity contribution in [3.05, 3.63) is 58.7 Å². The van der Waals surface area contributed by atoms with E-state index >= 15 is 0 Å². The van der Waals surface area contributed by atoms with Gasteiger partial charge in [0, 0.05) is 18.9 Å². The van der Waals surface area contributed by atoms with Gasteiger partial charge in [0.1, 0.15) is 5.69 Å². The van der Waals surface area contributed by atoms with Gasteiger partial charge in [0.25, 0.3) is 5.91 Å². The molecule has 4 heteroatoms. The molecule has 1 aromatic heterocycles. The Morgan fingerprint density at radius 2 is 1.77 bits per heavy atom. The van der Waals surface area contributed by atoms with Crippen LogP contribution in [0.15, 0.2) is 30.7 Å². The SMILES string of the molecule is Cc1cc(C(C)(C)C)cc(C)c1CNC(=O)c1cnccn1. The number of benzene rings is 1. The lowest BCUT2D eigenvalue weighted by molar-refractivity contribution is 0.0945. The van der Waals surface area contributed by atoms with Crippen molar-refractivity contribution < 1.29 is 4.79 Å². The molecule has 0 atom stereocenters. The standard InChI is InChI=1S/C18H23N3O/c1-12-8-14(18(3,4)5)9-13(2)15(12)10-21-17(22)16-11-19-6-7-20-16/h6-9,11H,10H2,1-5H3,(H,21,22). The molecule has 2 rings (SSSR count). The monoisotopic (exact) mass is 297 g/mol. The quantitative estimate of drug-likeness (QED) is 0.945. The van der Waals surface area contributed by atoms with Crippen molar-refractivity contribution in [2.45, 2.75) is 46.6 Å². The maximum atomic E-state index is 12.1. The van der Waals surface area contributed by atoms with Crippen molar-refractivity contribution >= 4 is 5.91 Å². The second-order valence-electron chi connectivity index (χ2n) is 6.61. The Bertz CT molecular complexity index is 649. The van der Waals surface area contributed by atoms with E-state index in [-0.39, 0.29) is 11.3 Å². The van der Waals surface area contributed by atoms with Crippen molar-refractivity contribution in [1.82, 2.24) is 15.3 Å². The van der Waals surface area contributed by atoms with E-state index in [0.29, 0.717) is 12.2 Å². The molecule has 0 saturated carbocycles. The fourth-order valence-corrected chi connectivity index (χ4v) is 2.38. The number of nitrogens with zero attached hydrogens (tertiary/aromatic N) is 2.